The Morgan fingerprint density at radius 3 is 2.89 bits per heavy atom. The maximum atomic E-state index is 11.3. The van der Waals surface area contributed by atoms with E-state index in [0.29, 0.717) is 6.54 Å². The van der Waals surface area contributed by atoms with Crippen LogP contribution in [0.1, 0.15) is 4.88 Å². The minimum absolute atomic E-state index is 0.00166. The van der Waals surface area contributed by atoms with E-state index in [2.05, 4.69) is 0 Å². The van der Waals surface area contributed by atoms with Crippen LogP contribution >= 0.6 is 11.3 Å². The Labute approximate surface area is 107 Å². The van der Waals surface area contributed by atoms with Crippen LogP contribution in [0.5, 0.6) is 0 Å². The van der Waals surface area contributed by atoms with Gasteiger partial charge in [-0.3, -0.25) is 10.1 Å². The molecule has 1 aliphatic heterocycles. The van der Waals surface area contributed by atoms with Gasteiger partial charge < -0.3 is 14.7 Å². The summed E-state index contributed by atoms with van der Waals surface area (Å²) in [6.45, 7) is 0.608. The quantitative estimate of drug-likeness (QED) is 0.789. The van der Waals surface area contributed by atoms with Gasteiger partial charge in [0.25, 0.3) is 5.91 Å². The highest BCUT2D eigenvalue weighted by molar-refractivity contribution is 7.16. The van der Waals surface area contributed by atoms with Crippen molar-refractivity contribution in [1.29, 1.82) is 0 Å². The number of carbonyl (C=O) groups is 2. The summed E-state index contributed by atoms with van der Waals surface area (Å²) >= 11 is 1.44. The summed E-state index contributed by atoms with van der Waals surface area (Å²) < 4.78 is 4.71. The number of aliphatic hydroxyl groups excluding tert-OH is 1. The Kier molecular flexibility index (Phi) is 3.63. The lowest BCUT2D eigenvalue weighted by Gasteiger charge is -2.14. The zero-order valence-electron chi connectivity index (χ0n) is 9.67. The van der Waals surface area contributed by atoms with E-state index in [4.69, 9.17) is 9.84 Å². The summed E-state index contributed by atoms with van der Waals surface area (Å²) in [7, 11) is 1.86. The number of thiophene rings is 1. The van der Waals surface area contributed by atoms with E-state index in [-0.39, 0.29) is 12.4 Å². The highest BCUT2D eigenvalue weighted by Crippen LogP contribution is 2.27. The molecule has 1 aromatic rings. The van der Waals surface area contributed by atoms with Crippen LogP contribution in [0.25, 0.3) is 6.08 Å². The molecule has 0 saturated carbocycles. The standard InChI is InChI=1S/C11H12N2O4S/c1-13(4-5-14)9-3-2-7(18-9)6-8-10(15)12-11(16)17-8/h2-3,6,14H,4-5H2,1H3,(H,12,15,16)/b8-6-. The van der Waals surface area contributed by atoms with Crippen LogP contribution < -0.4 is 10.2 Å². The molecule has 0 unspecified atom stereocenters. The van der Waals surface area contributed by atoms with Gasteiger partial charge in [-0.15, -0.1) is 11.3 Å². The van der Waals surface area contributed by atoms with Crippen molar-refractivity contribution < 1.29 is 19.4 Å². The highest BCUT2D eigenvalue weighted by Gasteiger charge is 2.26. The van der Waals surface area contributed by atoms with Crippen molar-refractivity contribution in [2.75, 3.05) is 25.1 Å². The van der Waals surface area contributed by atoms with Gasteiger partial charge in [-0.25, -0.2) is 4.79 Å². The molecule has 2 heterocycles. The fourth-order valence-corrected chi connectivity index (χ4v) is 2.36. The number of nitrogens with one attached hydrogen (secondary N) is 1. The van der Waals surface area contributed by atoms with Crippen LogP contribution in [0.2, 0.25) is 0 Å². The van der Waals surface area contributed by atoms with E-state index in [0.717, 1.165) is 9.88 Å². The van der Waals surface area contributed by atoms with Gasteiger partial charge in [0.2, 0.25) is 0 Å². The normalized spacial score (nSPS) is 16.9. The van der Waals surface area contributed by atoms with Crippen LogP contribution in [0.15, 0.2) is 17.9 Å². The molecule has 6 nitrogen and oxygen atoms in total. The van der Waals surface area contributed by atoms with Gasteiger partial charge in [0.1, 0.15) is 0 Å². The zero-order valence-corrected chi connectivity index (χ0v) is 10.5. The first-order valence-electron chi connectivity index (χ1n) is 5.27. The number of anilines is 1. The molecule has 0 radical (unpaired) electrons. The molecule has 0 spiro atoms. The largest absolute Gasteiger partial charge is 0.419 e. The van der Waals surface area contributed by atoms with Gasteiger partial charge in [-0.05, 0) is 12.1 Å². The third-order valence-electron chi connectivity index (χ3n) is 2.34. The molecule has 0 bridgehead atoms. The molecule has 2 rings (SSSR count). The van der Waals surface area contributed by atoms with Crippen LogP contribution in [0.3, 0.4) is 0 Å². The average Bonchev–Trinajstić information content (AvgIpc) is 2.88. The Hall–Kier alpha value is -1.86. The third-order valence-corrected chi connectivity index (χ3v) is 3.49. The SMILES string of the molecule is CN(CCO)c1ccc(/C=C2\OC(=O)NC2=O)s1. The molecule has 2 amide bonds. The number of alkyl carbamates (subject to hydrolysis) is 1. The third kappa shape index (κ3) is 2.69. The molecular formula is C11H12N2O4S. The summed E-state index contributed by atoms with van der Waals surface area (Å²) in [6, 6.07) is 3.70. The fourth-order valence-electron chi connectivity index (χ4n) is 1.44. The number of aliphatic hydroxyl groups is 1. The molecule has 2 N–H and O–H groups in total. The minimum atomic E-state index is -0.750. The van der Waals surface area contributed by atoms with E-state index in [1.54, 1.807) is 0 Å². The van der Waals surface area contributed by atoms with Gasteiger partial charge in [-0.2, -0.15) is 0 Å². The summed E-state index contributed by atoms with van der Waals surface area (Å²) in [5.74, 6) is -0.531. The van der Waals surface area contributed by atoms with Crippen LogP contribution in [0.4, 0.5) is 9.80 Å². The molecule has 1 aromatic heterocycles. The summed E-state index contributed by atoms with van der Waals surface area (Å²) in [5, 5.41) is 11.8. The number of ether oxygens (including phenoxy) is 1. The van der Waals surface area contributed by atoms with Crippen molar-refractivity contribution in [2.45, 2.75) is 0 Å². The number of cyclic esters (lactones) is 1. The van der Waals surface area contributed by atoms with Crippen molar-refractivity contribution in [3.63, 3.8) is 0 Å². The molecule has 96 valence electrons. The fraction of sp³-hybridized carbons (Fsp3) is 0.273. The summed E-state index contributed by atoms with van der Waals surface area (Å²) in [6.07, 6.45) is 0.765. The Bertz CT molecular complexity index is 509. The number of hydrogen-bond acceptors (Lipinski definition) is 6. The van der Waals surface area contributed by atoms with E-state index in [9.17, 15) is 9.59 Å². The molecule has 7 heteroatoms. The van der Waals surface area contributed by atoms with Crippen molar-refractivity contribution in [3.05, 3.63) is 22.8 Å². The smallest absolute Gasteiger partial charge is 0.404 e. The van der Waals surface area contributed by atoms with Gasteiger partial charge in [0.15, 0.2) is 5.76 Å². The number of imide groups is 1. The van der Waals surface area contributed by atoms with Crippen molar-refractivity contribution >= 4 is 34.4 Å². The number of carbonyl (C=O) groups excluding carboxylic acids is 2. The van der Waals surface area contributed by atoms with E-state index in [1.807, 2.05) is 29.4 Å². The Balaban J connectivity index is 2.13. The first kappa shape index (κ1) is 12.6. The number of hydrogen-bond donors (Lipinski definition) is 2. The van der Waals surface area contributed by atoms with Crippen molar-refractivity contribution in [2.24, 2.45) is 0 Å². The maximum Gasteiger partial charge on any atom is 0.419 e. The molecular weight excluding hydrogens is 256 g/mol. The Morgan fingerprint density at radius 2 is 2.28 bits per heavy atom. The monoisotopic (exact) mass is 268 g/mol. The summed E-state index contributed by atoms with van der Waals surface area (Å²) in [4.78, 5) is 24.8. The van der Waals surface area contributed by atoms with Gasteiger partial charge in [0.05, 0.1) is 11.6 Å². The second-order valence-corrected chi connectivity index (χ2v) is 4.77. The topological polar surface area (TPSA) is 78.9 Å². The van der Waals surface area contributed by atoms with Crippen molar-refractivity contribution in [3.8, 4) is 0 Å². The number of likely N-dealkylation sites (N-methyl/N-ethyl adjacent to an activating group) is 1. The molecule has 0 aliphatic carbocycles. The zero-order chi connectivity index (χ0) is 13.1. The molecule has 1 saturated heterocycles. The van der Waals surface area contributed by atoms with Crippen LogP contribution in [-0.4, -0.2) is 37.3 Å². The van der Waals surface area contributed by atoms with Gasteiger partial charge >= 0.3 is 6.09 Å². The molecule has 1 fully saturated rings. The predicted octanol–water partition coefficient (Wildman–Crippen LogP) is 0.784. The van der Waals surface area contributed by atoms with E-state index >= 15 is 0 Å². The number of rotatable bonds is 4. The maximum absolute atomic E-state index is 11.3. The van der Waals surface area contributed by atoms with Crippen LogP contribution in [0, 0.1) is 0 Å². The lowest BCUT2D eigenvalue weighted by molar-refractivity contribution is -0.116. The second-order valence-electron chi connectivity index (χ2n) is 3.67. The molecule has 1 aliphatic rings. The van der Waals surface area contributed by atoms with Crippen LogP contribution in [-0.2, 0) is 9.53 Å². The number of amides is 2. The van der Waals surface area contributed by atoms with Crippen molar-refractivity contribution in [1.82, 2.24) is 5.32 Å². The molecule has 18 heavy (non-hydrogen) atoms. The molecule has 0 atom stereocenters. The lowest BCUT2D eigenvalue weighted by atomic mass is 10.3. The van der Waals surface area contributed by atoms with E-state index < -0.39 is 12.0 Å². The first-order chi connectivity index (χ1) is 8.60. The second kappa shape index (κ2) is 5.19. The Morgan fingerprint density at radius 1 is 1.50 bits per heavy atom. The number of nitrogens with zero attached hydrogens (tertiary/aromatic N) is 1. The summed E-state index contributed by atoms with van der Waals surface area (Å²) in [5.41, 5.74) is 0. The lowest BCUT2D eigenvalue weighted by Crippen LogP contribution is -2.19. The van der Waals surface area contributed by atoms with Gasteiger partial charge in [0, 0.05) is 24.5 Å². The minimum Gasteiger partial charge on any atom is -0.404 e. The highest BCUT2D eigenvalue weighted by atomic mass is 32.1. The molecule has 0 aromatic carbocycles. The predicted molar refractivity (Wildman–Crippen MR) is 67.3 cm³/mol. The van der Waals surface area contributed by atoms with E-state index in [1.165, 1.54) is 17.4 Å². The average molecular weight is 268 g/mol. The first-order valence-corrected chi connectivity index (χ1v) is 6.08. The van der Waals surface area contributed by atoms with Gasteiger partial charge in [-0.1, -0.05) is 0 Å².